The van der Waals surface area contributed by atoms with Gasteiger partial charge < -0.3 is 4.90 Å². The first-order valence-corrected chi connectivity index (χ1v) is 12.7. The number of aromatic nitrogens is 3. The highest BCUT2D eigenvalue weighted by Crippen LogP contribution is 2.33. The minimum atomic E-state index is 0.125. The molecule has 0 N–H and O–H groups in total. The molecule has 5 nitrogen and oxygen atoms in total. The molecule has 1 aliphatic rings. The molecular formula is C27H25ClN4OS. The van der Waals surface area contributed by atoms with Gasteiger partial charge in [-0.05, 0) is 67.3 Å². The summed E-state index contributed by atoms with van der Waals surface area (Å²) in [7, 11) is 0. The number of thioether (sulfide) groups is 1. The van der Waals surface area contributed by atoms with Gasteiger partial charge in [0.1, 0.15) is 0 Å². The van der Waals surface area contributed by atoms with E-state index in [-0.39, 0.29) is 5.91 Å². The van der Waals surface area contributed by atoms with Gasteiger partial charge in [-0.25, -0.2) is 0 Å². The van der Waals surface area contributed by atoms with Crippen molar-refractivity contribution in [3.63, 3.8) is 0 Å². The monoisotopic (exact) mass is 488 g/mol. The van der Waals surface area contributed by atoms with Gasteiger partial charge in [0.25, 0.3) is 5.91 Å². The second-order valence-electron chi connectivity index (χ2n) is 8.45. The Bertz CT molecular complexity index is 1310. The number of hydrogen-bond donors (Lipinski definition) is 0. The van der Waals surface area contributed by atoms with Crippen molar-refractivity contribution in [1.82, 2.24) is 19.7 Å². The van der Waals surface area contributed by atoms with Gasteiger partial charge in [-0.15, -0.1) is 10.2 Å². The largest absolute Gasteiger partial charge is 0.339 e. The molecule has 1 saturated heterocycles. The van der Waals surface area contributed by atoms with E-state index in [2.05, 4.69) is 39.9 Å². The van der Waals surface area contributed by atoms with Crippen LogP contribution >= 0.6 is 23.4 Å². The summed E-state index contributed by atoms with van der Waals surface area (Å²) >= 11 is 8.11. The van der Waals surface area contributed by atoms with E-state index < -0.39 is 0 Å². The van der Waals surface area contributed by atoms with Crippen LogP contribution in [0.4, 0.5) is 0 Å². The summed E-state index contributed by atoms with van der Waals surface area (Å²) in [4.78, 5) is 14.6. The standard InChI is InChI=1S/C27H25ClN4OS/c1-19-7-6-8-22(17-19)32-25(23-9-2-3-10-24(23)28)29-30-27(32)34-18-20-11-13-21(14-12-20)26(33)31-15-4-5-16-31/h2-3,6-14,17H,4-5,15-16,18H2,1H3. The molecule has 1 aliphatic heterocycles. The number of likely N-dealkylation sites (tertiary alicyclic amines) is 1. The van der Waals surface area contributed by atoms with E-state index in [1.54, 1.807) is 11.8 Å². The molecule has 0 saturated carbocycles. The number of carbonyl (C=O) groups is 1. The zero-order chi connectivity index (χ0) is 23.5. The first-order valence-electron chi connectivity index (χ1n) is 11.4. The maximum absolute atomic E-state index is 12.6. The number of benzene rings is 3. The Balaban J connectivity index is 1.41. The number of halogens is 1. The van der Waals surface area contributed by atoms with Gasteiger partial charge in [-0.1, -0.05) is 59.8 Å². The van der Waals surface area contributed by atoms with Crippen molar-refractivity contribution < 1.29 is 4.79 Å². The van der Waals surface area contributed by atoms with Crippen molar-refractivity contribution in [2.45, 2.75) is 30.7 Å². The summed E-state index contributed by atoms with van der Waals surface area (Å²) in [5.74, 6) is 1.55. The summed E-state index contributed by atoms with van der Waals surface area (Å²) in [6.45, 7) is 3.79. The highest BCUT2D eigenvalue weighted by Gasteiger charge is 2.20. The molecule has 7 heteroatoms. The quantitative estimate of drug-likeness (QED) is 0.294. The van der Waals surface area contributed by atoms with E-state index in [0.29, 0.717) is 16.6 Å². The average molecular weight is 489 g/mol. The van der Waals surface area contributed by atoms with Crippen molar-refractivity contribution in [2.75, 3.05) is 13.1 Å². The highest BCUT2D eigenvalue weighted by molar-refractivity contribution is 7.98. The molecule has 3 aromatic carbocycles. The predicted octanol–water partition coefficient (Wildman–Crippen LogP) is 6.42. The van der Waals surface area contributed by atoms with Crippen LogP contribution in [0.15, 0.2) is 78.0 Å². The lowest BCUT2D eigenvalue weighted by Crippen LogP contribution is -2.27. The lowest BCUT2D eigenvalue weighted by Gasteiger charge is -2.15. The van der Waals surface area contributed by atoms with Crippen LogP contribution < -0.4 is 0 Å². The molecule has 0 bridgehead atoms. The van der Waals surface area contributed by atoms with E-state index in [4.69, 9.17) is 11.6 Å². The molecule has 2 heterocycles. The number of aryl methyl sites for hydroxylation is 1. The van der Waals surface area contributed by atoms with Gasteiger partial charge in [-0.3, -0.25) is 9.36 Å². The van der Waals surface area contributed by atoms with Gasteiger partial charge in [0, 0.05) is 35.7 Å². The second kappa shape index (κ2) is 10.0. The fourth-order valence-electron chi connectivity index (χ4n) is 4.17. The summed E-state index contributed by atoms with van der Waals surface area (Å²) in [6.07, 6.45) is 2.19. The zero-order valence-electron chi connectivity index (χ0n) is 18.9. The minimum Gasteiger partial charge on any atom is -0.339 e. The molecule has 0 unspecified atom stereocenters. The zero-order valence-corrected chi connectivity index (χ0v) is 20.5. The maximum Gasteiger partial charge on any atom is 0.253 e. The second-order valence-corrected chi connectivity index (χ2v) is 9.80. The van der Waals surface area contributed by atoms with E-state index in [1.807, 2.05) is 59.5 Å². The molecule has 0 radical (unpaired) electrons. The number of hydrogen-bond acceptors (Lipinski definition) is 4. The van der Waals surface area contributed by atoms with Crippen molar-refractivity contribution in [2.24, 2.45) is 0 Å². The van der Waals surface area contributed by atoms with Crippen LogP contribution in [0.1, 0.15) is 34.3 Å². The van der Waals surface area contributed by atoms with Crippen LogP contribution in [-0.4, -0.2) is 38.7 Å². The molecular weight excluding hydrogens is 464 g/mol. The average Bonchev–Trinajstić information content (AvgIpc) is 3.53. The summed E-state index contributed by atoms with van der Waals surface area (Å²) in [5, 5.41) is 10.4. The van der Waals surface area contributed by atoms with Gasteiger partial charge in [0.2, 0.25) is 0 Å². The van der Waals surface area contributed by atoms with Crippen molar-refractivity contribution in [3.8, 4) is 17.1 Å². The van der Waals surface area contributed by atoms with Crippen LogP contribution in [0.3, 0.4) is 0 Å². The number of rotatable bonds is 6. The number of nitrogens with zero attached hydrogens (tertiary/aromatic N) is 4. The Labute approximate surface area is 208 Å². The third-order valence-corrected chi connectivity index (χ3v) is 7.30. The van der Waals surface area contributed by atoms with Crippen LogP contribution in [0.5, 0.6) is 0 Å². The fraction of sp³-hybridized carbons (Fsp3) is 0.222. The summed E-state index contributed by atoms with van der Waals surface area (Å²) in [5.41, 5.74) is 4.87. The van der Waals surface area contributed by atoms with Gasteiger partial charge in [0.15, 0.2) is 11.0 Å². The molecule has 5 rings (SSSR count). The predicted molar refractivity (Wildman–Crippen MR) is 138 cm³/mol. The molecule has 4 aromatic rings. The Morgan fingerprint density at radius 1 is 0.971 bits per heavy atom. The van der Waals surface area contributed by atoms with Crippen molar-refractivity contribution in [3.05, 3.63) is 94.5 Å². The van der Waals surface area contributed by atoms with E-state index in [1.165, 1.54) is 0 Å². The molecule has 1 aromatic heterocycles. The third kappa shape index (κ3) is 4.74. The Morgan fingerprint density at radius 2 is 1.74 bits per heavy atom. The molecule has 0 atom stereocenters. The Kier molecular flexibility index (Phi) is 6.70. The van der Waals surface area contributed by atoms with Crippen LogP contribution in [0, 0.1) is 6.92 Å². The molecule has 0 spiro atoms. The SMILES string of the molecule is Cc1cccc(-n2c(SCc3ccc(C(=O)N4CCCC4)cc3)nnc2-c2ccccc2Cl)c1. The Hall–Kier alpha value is -3.09. The molecule has 1 fully saturated rings. The maximum atomic E-state index is 12.6. The van der Waals surface area contributed by atoms with E-state index >= 15 is 0 Å². The molecule has 1 amide bonds. The van der Waals surface area contributed by atoms with E-state index in [9.17, 15) is 4.79 Å². The highest BCUT2D eigenvalue weighted by atomic mass is 35.5. The summed E-state index contributed by atoms with van der Waals surface area (Å²) in [6, 6.07) is 23.9. The normalized spacial score (nSPS) is 13.4. The lowest BCUT2D eigenvalue weighted by atomic mass is 10.1. The third-order valence-electron chi connectivity index (χ3n) is 5.97. The van der Waals surface area contributed by atoms with Crippen molar-refractivity contribution >= 4 is 29.3 Å². The Morgan fingerprint density at radius 3 is 2.47 bits per heavy atom. The fourth-order valence-corrected chi connectivity index (χ4v) is 5.30. The van der Waals surface area contributed by atoms with Crippen molar-refractivity contribution in [1.29, 1.82) is 0 Å². The van der Waals surface area contributed by atoms with Gasteiger partial charge in [-0.2, -0.15) is 0 Å². The minimum absolute atomic E-state index is 0.125. The lowest BCUT2D eigenvalue weighted by molar-refractivity contribution is 0.0793. The van der Waals surface area contributed by atoms with E-state index in [0.717, 1.165) is 59.0 Å². The first-order chi connectivity index (χ1) is 16.6. The first kappa shape index (κ1) is 22.7. The number of carbonyl (C=O) groups excluding carboxylic acids is 1. The smallest absolute Gasteiger partial charge is 0.253 e. The number of amides is 1. The van der Waals surface area contributed by atoms with Gasteiger partial charge >= 0.3 is 0 Å². The van der Waals surface area contributed by atoms with Gasteiger partial charge in [0.05, 0.1) is 5.02 Å². The van der Waals surface area contributed by atoms with Crippen LogP contribution in [0.2, 0.25) is 5.02 Å². The van der Waals surface area contributed by atoms with Crippen LogP contribution in [-0.2, 0) is 5.75 Å². The summed E-state index contributed by atoms with van der Waals surface area (Å²) < 4.78 is 2.06. The molecule has 0 aliphatic carbocycles. The van der Waals surface area contributed by atoms with Crippen LogP contribution in [0.25, 0.3) is 17.1 Å². The molecule has 34 heavy (non-hydrogen) atoms. The topological polar surface area (TPSA) is 51.0 Å². The molecule has 172 valence electrons.